The Morgan fingerprint density at radius 2 is 2.18 bits per heavy atom. The second kappa shape index (κ2) is 5.89. The van der Waals surface area contributed by atoms with Gasteiger partial charge in [-0.15, -0.1) is 0 Å². The van der Waals surface area contributed by atoms with Gasteiger partial charge in [-0.1, -0.05) is 6.07 Å². The minimum absolute atomic E-state index is 0.334. The van der Waals surface area contributed by atoms with Gasteiger partial charge in [0.2, 0.25) is 6.79 Å². The first-order valence-electron chi connectivity index (χ1n) is 6.05. The quantitative estimate of drug-likeness (QED) is 0.770. The molecule has 0 bridgehead atoms. The van der Waals surface area contributed by atoms with Gasteiger partial charge in [0.15, 0.2) is 11.5 Å². The SMILES string of the molecule is CCONC(C)CCc1ccc2c(c1)OCO2. The summed E-state index contributed by atoms with van der Waals surface area (Å²) in [6, 6.07) is 6.45. The molecule has 17 heavy (non-hydrogen) atoms. The zero-order valence-electron chi connectivity index (χ0n) is 10.4. The van der Waals surface area contributed by atoms with Crippen LogP contribution in [0.2, 0.25) is 0 Å². The van der Waals surface area contributed by atoms with Crippen LogP contribution in [-0.4, -0.2) is 19.4 Å². The van der Waals surface area contributed by atoms with Gasteiger partial charge in [-0.2, -0.15) is 5.48 Å². The lowest BCUT2D eigenvalue weighted by atomic mass is 10.1. The monoisotopic (exact) mass is 237 g/mol. The number of aryl methyl sites for hydroxylation is 1. The molecule has 1 unspecified atom stereocenters. The Bertz CT molecular complexity index is 368. The van der Waals surface area contributed by atoms with Crippen LogP contribution in [0.1, 0.15) is 25.8 Å². The van der Waals surface area contributed by atoms with E-state index in [-0.39, 0.29) is 0 Å². The number of fused-ring (bicyclic) bond motifs is 1. The van der Waals surface area contributed by atoms with E-state index in [1.165, 1.54) is 5.56 Å². The van der Waals surface area contributed by atoms with Gasteiger partial charge in [0, 0.05) is 6.04 Å². The number of hydrogen-bond donors (Lipinski definition) is 1. The summed E-state index contributed by atoms with van der Waals surface area (Å²) in [7, 11) is 0. The Balaban J connectivity index is 1.83. The molecule has 1 aromatic rings. The molecule has 1 aliphatic rings. The van der Waals surface area contributed by atoms with Crippen LogP contribution in [0.3, 0.4) is 0 Å². The topological polar surface area (TPSA) is 39.7 Å². The molecule has 1 aliphatic heterocycles. The van der Waals surface area contributed by atoms with E-state index in [9.17, 15) is 0 Å². The number of hydrogen-bond acceptors (Lipinski definition) is 4. The molecule has 1 atom stereocenters. The standard InChI is InChI=1S/C13H19NO3/c1-3-17-14-10(2)4-5-11-6-7-12-13(8-11)16-9-15-12/h6-8,10,14H,3-5,9H2,1-2H3. The summed E-state index contributed by atoms with van der Waals surface area (Å²) in [6.07, 6.45) is 2.03. The Morgan fingerprint density at radius 3 is 3.00 bits per heavy atom. The summed E-state index contributed by atoms with van der Waals surface area (Å²) in [5.41, 5.74) is 4.26. The molecule has 0 aliphatic carbocycles. The van der Waals surface area contributed by atoms with Gasteiger partial charge in [-0.05, 0) is 44.4 Å². The summed E-state index contributed by atoms with van der Waals surface area (Å²) in [6.45, 7) is 5.11. The van der Waals surface area contributed by atoms with Crippen LogP contribution in [0, 0.1) is 0 Å². The van der Waals surface area contributed by atoms with E-state index < -0.39 is 0 Å². The van der Waals surface area contributed by atoms with Crippen LogP contribution in [0.15, 0.2) is 18.2 Å². The summed E-state index contributed by atoms with van der Waals surface area (Å²) >= 11 is 0. The molecule has 0 saturated heterocycles. The third kappa shape index (κ3) is 3.35. The fraction of sp³-hybridized carbons (Fsp3) is 0.538. The van der Waals surface area contributed by atoms with E-state index in [0.717, 1.165) is 24.3 Å². The molecule has 0 spiro atoms. The van der Waals surface area contributed by atoms with Gasteiger partial charge >= 0.3 is 0 Å². The van der Waals surface area contributed by atoms with Gasteiger partial charge in [0.1, 0.15) is 0 Å². The average molecular weight is 237 g/mol. The summed E-state index contributed by atoms with van der Waals surface area (Å²) in [5.74, 6) is 1.70. The van der Waals surface area contributed by atoms with Crippen molar-refractivity contribution in [2.24, 2.45) is 0 Å². The minimum Gasteiger partial charge on any atom is -0.454 e. The maximum absolute atomic E-state index is 5.35. The number of rotatable bonds is 6. The van der Waals surface area contributed by atoms with Crippen molar-refractivity contribution in [1.82, 2.24) is 5.48 Å². The van der Waals surface area contributed by atoms with Crippen LogP contribution >= 0.6 is 0 Å². The van der Waals surface area contributed by atoms with Crippen molar-refractivity contribution < 1.29 is 14.3 Å². The number of benzene rings is 1. The highest BCUT2D eigenvalue weighted by atomic mass is 16.7. The zero-order chi connectivity index (χ0) is 12.1. The Morgan fingerprint density at radius 1 is 1.35 bits per heavy atom. The van der Waals surface area contributed by atoms with Crippen LogP contribution in [0.25, 0.3) is 0 Å². The zero-order valence-corrected chi connectivity index (χ0v) is 10.4. The lowest BCUT2D eigenvalue weighted by Crippen LogP contribution is -2.26. The van der Waals surface area contributed by atoms with Crippen LogP contribution in [0.5, 0.6) is 11.5 Å². The maximum atomic E-state index is 5.35. The highest BCUT2D eigenvalue weighted by molar-refractivity contribution is 5.44. The molecule has 0 radical (unpaired) electrons. The second-order valence-corrected chi connectivity index (χ2v) is 4.18. The van der Waals surface area contributed by atoms with Crippen LogP contribution in [-0.2, 0) is 11.3 Å². The molecular weight excluding hydrogens is 218 g/mol. The van der Waals surface area contributed by atoms with Crippen molar-refractivity contribution in [1.29, 1.82) is 0 Å². The Labute approximate surface area is 102 Å². The van der Waals surface area contributed by atoms with Crippen molar-refractivity contribution in [2.75, 3.05) is 13.4 Å². The van der Waals surface area contributed by atoms with E-state index in [0.29, 0.717) is 19.4 Å². The number of ether oxygens (including phenoxy) is 2. The highest BCUT2D eigenvalue weighted by Gasteiger charge is 2.13. The third-order valence-electron chi connectivity index (χ3n) is 2.73. The molecular formula is C13H19NO3. The summed E-state index contributed by atoms with van der Waals surface area (Å²) < 4.78 is 10.6. The third-order valence-corrected chi connectivity index (χ3v) is 2.73. The molecule has 0 saturated carbocycles. The number of hydroxylamine groups is 1. The molecule has 4 nitrogen and oxygen atoms in total. The molecule has 2 rings (SSSR count). The average Bonchev–Trinajstić information content (AvgIpc) is 2.81. The lowest BCUT2D eigenvalue weighted by Gasteiger charge is -2.12. The van der Waals surface area contributed by atoms with Crippen molar-refractivity contribution in [3.63, 3.8) is 0 Å². The van der Waals surface area contributed by atoms with E-state index in [2.05, 4.69) is 24.5 Å². The van der Waals surface area contributed by atoms with Crippen LogP contribution < -0.4 is 15.0 Å². The fourth-order valence-corrected chi connectivity index (χ4v) is 1.76. The predicted molar refractivity (Wildman–Crippen MR) is 65.1 cm³/mol. The molecule has 1 heterocycles. The van der Waals surface area contributed by atoms with E-state index in [4.69, 9.17) is 14.3 Å². The molecule has 0 fully saturated rings. The lowest BCUT2D eigenvalue weighted by molar-refractivity contribution is 0.0270. The van der Waals surface area contributed by atoms with Gasteiger partial charge in [0.25, 0.3) is 0 Å². The highest BCUT2D eigenvalue weighted by Crippen LogP contribution is 2.32. The fourth-order valence-electron chi connectivity index (χ4n) is 1.76. The van der Waals surface area contributed by atoms with Crippen molar-refractivity contribution in [3.8, 4) is 11.5 Å². The van der Waals surface area contributed by atoms with Crippen molar-refractivity contribution in [3.05, 3.63) is 23.8 Å². The van der Waals surface area contributed by atoms with E-state index >= 15 is 0 Å². The second-order valence-electron chi connectivity index (χ2n) is 4.18. The van der Waals surface area contributed by atoms with E-state index in [1.807, 2.05) is 13.0 Å². The maximum Gasteiger partial charge on any atom is 0.231 e. The van der Waals surface area contributed by atoms with Gasteiger partial charge in [0.05, 0.1) is 6.61 Å². The van der Waals surface area contributed by atoms with Gasteiger partial charge in [-0.25, -0.2) is 0 Å². The Kier molecular flexibility index (Phi) is 4.23. The first kappa shape index (κ1) is 12.2. The predicted octanol–water partition coefficient (Wildman–Crippen LogP) is 2.28. The van der Waals surface area contributed by atoms with E-state index in [1.54, 1.807) is 0 Å². The minimum atomic E-state index is 0.334. The van der Waals surface area contributed by atoms with Crippen LogP contribution in [0.4, 0.5) is 0 Å². The van der Waals surface area contributed by atoms with Gasteiger partial charge in [-0.3, -0.25) is 0 Å². The first-order valence-corrected chi connectivity index (χ1v) is 6.05. The van der Waals surface area contributed by atoms with Crippen molar-refractivity contribution in [2.45, 2.75) is 32.7 Å². The summed E-state index contributed by atoms with van der Waals surface area (Å²) in [5, 5.41) is 0. The molecule has 1 N–H and O–H groups in total. The molecule has 1 aromatic carbocycles. The van der Waals surface area contributed by atoms with Crippen molar-refractivity contribution >= 4 is 0 Å². The normalized spacial score (nSPS) is 14.9. The molecule has 94 valence electrons. The van der Waals surface area contributed by atoms with Gasteiger partial charge < -0.3 is 14.3 Å². The first-order chi connectivity index (χ1) is 8.29. The molecule has 0 amide bonds. The summed E-state index contributed by atoms with van der Waals surface area (Å²) in [4.78, 5) is 5.16. The largest absolute Gasteiger partial charge is 0.454 e. The smallest absolute Gasteiger partial charge is 0.231 e. The molecule has 4 heteroatoms. The molecule has 0 aromatic heterocycles. The number of nitrogens with one attached hydrogen (secondary N) is 1. The Hall–Kier alpha value is -1.26.